The number of carboxylic acids is 1. The van der Waals surface area contributed by atoms with Crippen LogP contribution in [-0.2, 0) is 9.59 Å². The quantitative estimate of drug-likeness (QED) is 0.390. The molecular formula is C18H11F4N2O4S+. The van der Waals surface area contributed by atoms with E-state index >= 15 is 0 Å². The van der Waals surface area contributed by atoms with Gasteiger partial charge in [-0.1, -0.05) is 11.3 Å². The molecule has 0 fully saturated rings. The Morgan fingerprint density at radius 2 is 1.97 bits per heavy atom. The average Bonchev–Trinajstić information content (AvgIpc) is 3.10. The van der Waals surface area contributed by atoms with Gasteiger partial charge in [-0.05, 0) is 6.07 Å². The van der Waals surface area contributed by atoms with Crippen LogP contribution in [0.25, 0.3) is 10.2 Å². The van der Waals surface area contributed by atoms with E-state index in [-0.39, 0.29) is 21.3 Å². The maximum Gasteiger partial charge on any atom is 0.367 e. The number of hydrogen-bond acceptors (Lipinski definition) is 5. The lowest BCUT2D eigenvalue weighted by atomic mass is 10.1. The van der Waals surface area contributed by atoms with Gasteiger partial charge in [-0.2, -0.15) is 9.47 Å². The van der Waals surface area contributed by atoms with Gasteiger partial charge >= 0.3 is 11.9 Å². The molecule has 0 saturated carbocycles. The van der Waals surface area contributed by atoms with E-state index in [0.717, 1.165) is 12.1 Å². The zero-order chi connectivity index (χ0) is 21.1. The summed E-state index contributed by atoms with van der Waals surface area (Å²) in [7, 11) is 1.32. The lowest BCUT2D eigenvalue weighted by Gasteiger charge is -2.36. The van der Waals surface area contributed by atoms with Gasteiger partial charge in [0.2, 0.25) is 6.10 Å². The number of carboxylic acid groups (broad SMARTS) is 1. The molecule has 1 aliphatic rings. The van der Waals surface area contributed by atoms with Crippen molar-refractivity contribution in [3.63, 3.8) is 0 Å². The molecule has 2 aromatic carbocycles. The zero-order valence-electron chi connectivity index (χ0n) is 14.6. The van der Waals surface area contributed by atoms with Gasteiger partial charge in [-0.25, -0.2) is 22.4 Å². The van der Waals surface area contributed by atoms with E-state index in [2.05, 4.69) is 4.98 Å². The molecule has 2 heterocycles. The molecule has 150 valence electrons. The van der Waals surface area contributed by atoms with Gasteiger partial charge in [-0.15, -0.1) is 0 Å². The molecule has 0 radical (unpaired) electrons. The number of aliphatic carboxylic acids is 1. The van der Waals surface area contributed by atoms with E-state index in [1.165, 1.54) is 13.1 Å². The van der Waals surface area contributed by atoms with Crippen molar-refractivity contribution in [1.29, 1.82) is 0 Å². The number of fused-ring (bicyclic) bond motifs is 2. The molecule has 29 heavy (non-hydrogen) atoms. The minimum atomic E-state index is -1.50. The fraction of sp³-hybridized carbons (Fsp3) is 0.167. The Hall–Kier alpha value is -3.05. The second-order valence-corrected chi connectivity index (χ2v) is 7.47. The number of halogens is 4. The van der Waals surface area contributed by atoms with E-state index in [1.54, 1.807) is 0 Å². The van der Waals surface area contributed by atoms with E-state index in [9.17, 15) is 27.2 Å². The maximum absolute atomic E-state index is 14.1. The number of thiazole rings is 1. The molecule has 1 aliphatic heterocycles. The monoisotopic (exact) mass is 427 g/mol. The predicted molar refractivity (Wildman–Crippen MR) is 94.9 cm³/mol. The van der Waals surface area contributed by atoms with E-state index in [0.29, 0.717) is 17.4 Å². The summed E-state index contributed by atoms with van der Waals surface area (Å²) >= 11 is 0.606. The fourth-order valence-corrected chi connectivity index (χ4v) is 4.29. The summed E-state index contributed by atoms with van der Waals surface area (Å²) in [6.07, 6.45) is -2.21. The smallest absolute Gasteiger partial charge is 0.367 e. The third-order valence-corrected chi connectivity index (χ3v) is 5.87. The van der Waals surface area contributed by atoms with Gasteiger partial charge in [-0.3, -0.25) is 4.79 Å². The standard InChI is InChI=1S/C18H10F4N2O4S/c1-24(18-23-15-14(22)8(20)5-9(21)16(15)29-18)10-3-2-7(19)4-11(10)28-12(17(24)27)6-13(25)26/h2-5,12H,6H2,1H3/p+1. The van der Waals surface area contributed by atoms with Crippen LogP contribution in [0.4, 0.5) is 28.4 Å². The normalized spacial score (nSPS) is 21.1. The highest BCUT2D eigenvalue weighted by Crippen LogP contribution is 2.47. The first-order chi connectivity index (χ1) is 13.6. The molecule has 2 atom stereocenters. The number of quaternary nitrogens is 1. The van der Waals surface area contributed by atoms with Crippen molar-refractivity contribution < 1.29 is 37.0 Å². The van der Waals surface area contributed by atoms with Crippen molar-refractivity contribution in [2.75, 3.05) is 7.05 Å². The predicted octanol–water partition coefficient (Wildman–Crippen LogP) is 3.88. The summed E-state index contributed by atoms with van der Waals surface area (Å²) in [5.41, 5.74) is -0.502. The van der Waals surface area contributed by atoms with Crippen LogP contribution in [0, 0.1) is 23.3 Å². The van der Waals surface area contributed by atoms with Crippen LogP contribution in [0.5, 0.6) is 5.75 Å². The summed E-state index contributed by atoms with van der Waals surface area (Å²) in [6.45, 7) is 0. The Morgan fingerprint density at radius 3 is 2.66 bits per heavy atom. The molecule has 3 aromatic rings. The first kappa shape index (κ1) is 19.3. The molecule has 0 aliphatic carbocycles. The highest BCUT2D eigenvalue weighted by molar-refractivity contribution is 7.22. The number of amides is 1. The summed E-state index contributed by atoms with van der Waals surface area (Å²) in [5.74, 6) is -6.79. The van der Waals surface area contributed by atoms with E-state index in [4.69, 9.17) is 9.84 Å². The minimum Gasteiger partial charge on any atom is -0.481 e. The second kappa shape index (κ2) is 6.49. The Labute approximate surface area is 164 Å². The molecule has 4 rings (SSSR count). The van der Waals surface area contributed by atoms with Gasteiger partial charge in [0, 0.05) is 18.2 Å². The third kappa shape index (κ3) is 2.85. The van der Waals surface area contributed by atoms with Crippen molar-refractivity contribution in [1.82, 2.24) is 9.47 Å². The molecule has 11 heteroatoms. The Bertz CT molecular complexity index is 1200. The zero-order valence-corrected chi connectivity index (χ0v) is 15.4. The Balaban J connectivity index is 1.98. The van der Waals surface area contributed by atoms with Gasteiger partial charge in [0.1, 0.15) is 17.2 Å². The first-order valence-electron chi connectivity index (χ1n) is 8.17. The fourth-order valence-electron chi connectivity index (χ4n) is 3.21. The number of rotatable bonds is 3. The number of ether oxygens (including phenoxy) is 1. The molecule has 0 spiro atoms. The Kier molecular flexibility index (Phi) is 4.32. The van der Waals surface area contributed by atoms with Crippen molar-refractivity contribution in [2.24, 2.45) is 0 Å². The number of aromatic nitrogens is 1. The van der Waals surface area contributed by atoms with Gasteiger partial charge in [0.15, 0.2) is 23.1 Å². The maximum atomic E-state index is 14.1. The van der Waals surface area contributed by atoms with Crippen LogP contribution in [-0.4, -0.2) is 35.1 Å². The average molecular weight is 427 g/mol. The van der Waals surface area contributed by atoms with Gasteiger partial charge in [0.25, 0.3) is 5.13 Å². The Morgan fingerprint density at radius 1 is 1.24 bits per heavy atom. The molecule has 1 amide bonds. The van der Waals surface area contributed by atoms with Crippen LogP contribution >= 0.6 is 11.3 Å². The molecule has 0 saturated heterocycles. The summed E-state index contributed by atoms with van der Waals surface area (Å²) in [5, 5.41) is 8.92. The summed E-state index contributed by atoms with van der Waals surface area (Å²) < 4.78 is 59.8. The molecule has 1 N–H and O–H groups in total. The lowest BCUT2D eigenvalue weighted by molar-refractivity contribution is -0.146. The molecule has 1 aromatic heterocycles. The molecular weight excluding hydrogens is 416 g/mol. The number of carbonyl (C=O) groups is 2. The number of likely N-dealkylation sites (N-methyl/N-ethyl adjacent to an activating group) is 1. The van der Waals surface area contributed by atoms with Crippen LogP contribution in [0.1, 0.15) is 6.42 Å². The van der Waals surface area contributed by atoms with E-state index < -0.39 is 57.7 Å². The largest absolute Gasteiger partial charge is 0.481 e. The third-order valence-electron chi connectivity index (χ3n) is 4.64. The highest BCUT2D eigenvalue weighted by Gasteiger charge is 2.52. The molecule has 6 nitrogen and oxygen atoms in total. The lowest BCUT2D eigenvalue weighted by Crippen LogP contribution is -2.56. The van der Waals surface area contributed by atoms with Crippen molar-refractivity contribution in [3.8, 4) is 5.75 Å². The van der Waals surface area contributed by atoms with Crippen LogP contribution < -0.4 is 9.22 Å². The molecule has 2 unspecified atom stereocenters. The minimum absolute atomic E-state index is 0.0957. The summed E-state index contributed by atoms with van der Waals surface area (Å²) in [4.78, 5) is 28.2. The van der Waals surface area contributed by atoms with Gasteiger partial charge < -0.3 is 9.84 Å². The number of carbonyl (C=O) groups excluding carboxylic acids is 1. The SMILES string of the molecule is C[N+]1(c2nc3c(F)c(F)cc(F)c3s2)C(=O)C(CC(=O)O)Oc2cc(F)ccc21. The van der Waals surface area contributed by atoms with Crippen LogP contribution in [0.15, 0.2) is 24.3 Å². The van der Waals surface area contributed by atoms with Gasteiger partial charge in [0.05, 0.1) is 18.2 Å². The van der Waals surface area contributed by atoms with Crippen molar-refractivity contribution in [3.05, 3.63) is 47.5 Å². The number of benzene rings is 2. The number of hydrogen-bond donors (Lipinski definition) is 1. The second-order valence-electron chi connectivity index (χ2n) is 6.49. The highest BCUT2D eigenvalue weighted by atomic mass is 32.1. The van der Waals surface area contributed by atoms with Crippen molar-refractivity contribution in [2.45, 2.75) is 12.5 Å². The molecule has 0 bridgehead atoms. The first-order valence-corrected chi connectivity index (χ1v) is 8.98. The number of nitrogens with zero attached hydrogens (tertiary/aromatic N) is 2. The van der Waals surface area contributed by atoms with Crippen LogP contribution in [0.2, 0.25) is 0 Å². The summed E-state index contributed by atoms with van der Waals surface area (Å²) in [6, 6.07) is 3.63. The van der Waals surface area contributed by atoms with Crippen molar-refractivity contribution >= 4 is 44.2 Å². The van der Waals surface area contributed by atoms with E-state index in [1.807, 2.05) is 0 Å². The van der Waals surface area contributed by atoms with Crippen LogP contribution in [0.3, 0.4) is 0 Å². The topological polar surface area (TPSA) is 76.5 Å².